The number of hydrogen-bond acceptors (Lipinski definition) is 6. The van der Waals surface area contributed by atoms with Crippen molar-refractivity contribution in [3.05, 3.63) is 34.9 Å². The summed E-state index contributed by atoms with van der Waals surface area (Å²) in [5, 5.41) is 50.6. The van der Waals surface area contributed by atoms with Crippen molar-refractivity contribution in [1.29, 1.82) is 0 Å². The maximum absolute atomic E-state index is 11.2. The van der Waals surface area contributed by atoms with E-state index in [9.17, 15) is 25.2 Å². The number of aliphatic hydroxyl groups excluding tert-OH is 3. The topological polar surface area (TPSA) is 127 Å². The van der Waals surface area contributed by atoms with Gasteiger partial charge in [-0.2, -0.15) is 0 Å². The summed E-state index contributed by atoms with van der Waals surface area (Å²) in [6.07, 6.45) is -1.78. The number of aliphatic carboxylic acids is 1. The summed E-state index contributed by atoms with van der Waals surface area (Å²) in [4.78, 5) is 10.7. The van der Waals surface area contributed by atoms with Gasteiger partial charge in [-0.1, -0.05) is 18.2 Å². The average Bonchev–Trinajstić information content (AvgIpc) is 2.64. The minimum Gasteiger partial charge on any atom is -0.481 e. The Kier molecular flexibility index (Phi) is 5.88. The zero-order valence-electron chi connectivity index (χ0n) is 15.4. The molecule has 1 aromatic carbocycles. The van der Waals surface area contributed by atoms with Gasteiger partial charge in [-0.05, 0) is 55.7 Å². The Morgan fingerprint density at radius 2 is 2.00 bits per heavy atom. The molecular formula is C20H28O7. The molecule has 7 nitrogen and oxygen atoms in total. The third kappa shape index (κ3) is 3.88. The molecule has 0 saturated carbocycles. The zero-order valence-corrected chi connectivity index (χ0v) is 15.4. The quantitative estimate of drug-likeness (QED) is 0.509. The van der Waals surface area contributed by atoms with Crippen LogP contribution in [0.4, 0.5) is 0 Å². The maximum atomic E-state index is 11.2. The van der Waals surface area contributed by atoms with E-state index in [1.165, 1.54) is 0 Å². The van der Waals surface area contributed by atoms with E-state index >= 15 is 0 Å². The molecule has 0 bridgehead atoms. The van der Waals surface area contributed by atoms with Gasteiger partial charge in [0.15, 0.2) is 0 Å². The van der Waals surface area contributed by atoms with Crippen LogP contribution in [0, 0.1) is 0 Å². The van der Waals surface area contributed by atoms with Gasteiger partial charge >= 0.3 is 5.97 Å². The minimum atomic E-state index is -1.99. The standard InChI is InChI=1S/C20H28O7/c1-11-17(23)18(24)19(25)20(26,27-11)15-6-3-5-13-9-8-12(10-14(13)15)4-2-7-16(21)22/h8-11,15,17-19,23-26H,2-7H2,1H3,(H,21,22)/t11-,15+,17+,18+,19-,20+/m0/s1. The van der Waals surface area contributed by atoms with E-state index in [1.807, 2.05) is 18.2 Å². The summed E-state index contributed by atoms with van der Waals surface area (Å²) < 4.78 is 5.64. The van der Waals surface area contributed by atoms with Crippen molar-refractivity contribution in [2.75, 3.05) is 0 Å². The molecule has 1 aromatic rings. The van der Waals surface area contributed by atoms with Crippen LogP contribution in [0.5, 0.6) is 0 Å². The first-order chi connectivity index (χ1) is 12.7. The highest BCUT2D eigenvalue weighted by atomic mass is 16.7. The molecule has 7 heteroatoms. The SMILES string of the molecule is C[C@@H]1O[C@](O)([C@@H]2CCCc3ccc(CCCC(=O)O)cc32)[C@@H](O)[C@H](O)[C@@H]1O. The normalized spacial score (nSPS) is 36.3. The van der Waals surface area contributed by atoms with Crippen molar-refractivity contribution < 1.29 is 35.1 Å². The maximum Gasteiger partial charge on any atom is 0.303 e. The second-order valence-corrected chi connectivity index (χ2v) is 7.73. The Hall–Kier alpha value is -1.51. The van der Waals surface area contributed by atoms with Crippen LogP contribution in [0.3, 0.4) is 0 Å². The van der Waals surface area contributed by atoms with Crippen LogP contribution in [-0.2, 0) is 22.4 Å². The van der Waals surface area contributed by atoms with Crippen LogP contribution in [0.2, 0.25) is 0 Å². The van der Waals surface area contributed by atoms with Crippen molar-refractivity contribution in [2.45, 2.75) is 81.6 Å². The lowest BCUT2D eigenvalue weighted by Gasteiger charge is -2.49. The molecule has 1 heterocycles. The monoisotopic (exact) mass is 380 g/mol. The molecule has 6 atom stereocenters. The van der Waals surface area contributed by atoms with Gasteiger partial charge in [0, 0.05) is 12.3 Å². The van der Waals surface area contributed by atoms with Gasteiger partial charge in [0.05, 0.1) is 6.10 Å². The van der Waals surface area contributed by atoms with E-state index in [0.29, 0.717) is 19.3 Å². The lowest BCUT2D eigenvalue weighted by atomic mass is 9.73. The number of carbonyl (C=O) groups is 1. The van der Waals surface area contributed by atoms with Gasteiger partial charge in [0.1, 0.15) is 18.3 Å². The van der Waals surface area contributed by atoms with E-state index in [1.54, 1.807) is 6.92 Å². The van der Waals surface area contributed by atoms with Crippen LogP contribution in [0.15, 0.2) is 18.2 Å². The predicted molar refractivity (Wildman–Crippen MR) is 96.2 cm³/mol. The second-order valence-electron chi connectivity index (χ2n) is 7.73. The van der Waals surface area contributed by atoms with E-state index in [0.717, 1.165) is 29.5 Å². The molecule has 3 rings (SSSR count). The molecule has 0 spiro atoms. The molecule has 0 radical (unpaired) electrons. The largest absolute Gasteiger partial charge is 0.481 e. The fraction of sp³-hybridized carbons (Fsp3) is 0.650. The van der Waals surface area contributed by atoms with Gasteiger partial charge in [-0.3, -0.25) is 4.79 Å². The number of rotatable bonds is 5. The van der Waals surface area contributed by atoms with Gasteiger partial charge < -0.3 is 30.3 Å². The zero-order chi connectivity index (χ0) is 19.8. The van der Waals surface area contributed by atoms with Crippen molar-refractivity contribution in [2.24, 2.45) is 0 Å². The minimum absolute atomic E-state index is 0.0911. The molecule has 0 amide bonds. The lowest BCUT2D eigenvalue weighted by molar-refractivity contribution is -0.352. The fourth-order valence-corrected chi connectivity index (χ4v) is 4.31. The van der Waals surface area contributed by atoms with Gasteiger partial charge in [0.2, 0.25) is 5.79 Å². The highest BCUT2D eigenvalue weighted by molar-refractivity contribution is 5.66. The van der Waals surface area contributed by atoms with Crippen LogP contribution in [-0.4, -0.2) is 61.7 Å². The Bertz CT molecular complexity index is 691. The highest BCUT2D eigenvalue weighted by Crippen LogP contribution is 2.45. The second kappa shape index (κ2) is 7.85. The van der Waals surface area contributed by atoms with Crippen LogP contribution in [0.25, 0.3) is 0 Å². The van der Waals surface area contributed by atoms with E-state index < -0.39 is 42.1 Å². The van der Waals surface area contributed by atoms with E-state index in [2.05, 4.69) is 0 Å². The summed E-state index contributed by atoms with van der Waals surface area (Å²) in [6.45, 7) is 1.55. The van der Waals surface area contributed by atoms with Gasteiger partial charge in [0.25, 0.3) is 0 Å². The molecule has 27 heavy (non-hydrogen) atoms. The fourth-order valence-electron chi connectivity index (χ4n) is 4.31. The smallest absolute Gasteiger partial charge is 0.303 e. The van der Waals surface area contributed by atoms with Crippen LogP contribution in [0.1, 0.15) is 55.2 Å². The average molecular weight is 380 g/mol. The molecule has 2 aliphatic rings. The summed E-state index contributed by atoms with van der Waals surface area (Å²) in [7, 11) is 0. The Labute approximate surface area is 158 Å². The van der Waals surface area contributed by atoms with Gasteiger partial charge in [-0.25, -0.2) is 0 Å². The summed E-state index contributed by atoms with van der Waals surface area (Å²) in [5.41, 5.74) is 2.86. The van der Waals surface area contributed by atoms with Gasteiger partial charge in [-0.15, -0.1) is 0 Å². The van der Waals surface area contributed by atoms with E-state index in [4.69, 9.17) is 9.84 Å². The number of carboxylic acids is 1. The van der Waals surface area contributed by atoms with Crippen LogP contribution < -0.4 is 0 Å². The summed E-state index contributed by atoms with van der Waals surface area (Å²) in [5.74, 6) is -3.37. The van der Waals surface area contributed by atoms with E-state index in [-0.39, 0.29) is 6.42 Å². The Morgan fingerprint density at radius 3 is 2.70 bits per heavy atom. The first-order valence-corrected chi connectivity index (χ1v) is 9.52. The first-order valence-electron chi connectivity index (χ1n) is 9.52. The Morgan fingerprint density at radius 1 is 1.26 bits per heavy atom. The van der Waals surface area contributed by atoms with Crippen molar-refractivity contribution in [3.8, 4) is 0 Å². The number of hydrogen-bond donors (Lipinski definition) is 5. The summed E-state index contributed by atoms with van der Waals surface area (Å²) >= 11 is 0. The highest BCUT2D eigenvalue weighted by Gasteiger charge is 2.56. The molecule has 1 aliphatic carbocycles. The summed E-state index contributed by atoms with van der Waals surface area (Å²) in [6, 6.07) is 5.88. The van der Waals surface area contributed by atoms with Crippen molar-refractivity contribution >= 4 is 5.97 Å². The molecule has 150 valence electrons. The number of aliphatic hydroxyl groups is 4. The number of fused-ring (bicyclic) bond motifs is 1. The molecule has 1 aliphatic heterocycles. The molecule has 0 aromatic heterocycles. The first kappa shape index (κ1) is 20.2. The molecule has 0 unspecified atom stereocenters. The Balaban J connectivity index is 1.89. The lowest BCUT2D eigenvalue weighted by Crippen LogP contribution is -2.66. The molecule has 1 saturated heterocycles. The molecule has 5 N–H and O–H groups in total. The van der Waals surface area contributed by atoms with Crippen molar-refractivity contribution in [1.82, 2.24) is 0 Å². The molecular weight excluding hydrogens is 352 g/mol. The number of carboxylic acid groups (broad SMARTS) is 1. The van der Waals surface area contributed by atoms with Crippen molar-refractivity contribution in [3.63, 3.8) is 0 Å². The number of benzene rings is 1. The van der Waals surface area contributed by atoms with Crippen LogP contribution >= 0.6 is 0 Å². The third-order valence-electron chi connectivity index (χ3n) is 5.83. The number of aryl methyl sites for hydroxylation is 2. The number of ether oxygens (including phenoxy) is 1. The predicted octanol–water partition coefficient (Wildman–Crippen LogP) is 0.704. The molecule has 1 fully saturated rings. The third-order valence-corrected chi connectivity index (χ3v) is 5.83.